The second-order valence-corrected chi connectivity index (χ2v) is 5.66. The van der Waals surface area contributed by atoms with Crippen LogP contribution in [0.5, 0.6) is 11.5 Å². The predicted molar refractivity (Wildman–Crippen MR) is 78.9 cm³/mol. The molecule has 1 N–H and O–H groups in total. The maximum atomic E-state index is 5.30. The van der Waals surface area contributed by atoms with Crippen molar-refractivity contribution in [3.8, 4) is 11.5 Å². The molecule has 1 rings (SSSR count). The molecular weight excluding hydrogens is 294 g/mol. The predicted octanol–water partition coefficient (Wildman–Crippen LogP) is 3.36. The number of rotatable bonds is 7. The number of benzene rings is 1. The number of hydrogen-bond acceptors (Lipinski definition) is 3. The summed E-state index contributed by atoms with van der Waals surface area (Å²) in [5, 5.41) is 4.54. The average molecular weight is 316 g/mol. The second-order valence-electron chi connectivity index (χ2n) is 4.87. The van der Waals surface area contributed by atoms with Crippen molar-refractivity contribution < 1.29 is 9.47 Å². The van der Waals surface area contributed by atoms with Crippen LogP contribution in [0.3, 0.4) is 0 Å². The summed E-state index contributed by atoms with van der Waals surface area (Å²) in [6.45, 7) is 5.23. The molecule has 1 aromatic carbocycles. The SMILES string of the molecule is COc1ccc(CNC(C)(C)CCBr)cc1OC. The fourth-order valence-electron chi connectivity index (χ4n) is 1.66. The summed E-state index contributed by atoms with van der Waals surface area (Å²) in [6.07, 6.45) is 1.08. The average Bonchev–Trinajstić information content (AvgIpc) is 2.36. The minimum absolute atomic E-state index is 0.122. The Morgan fingerprint density at radius 2 is 1.83 bits per heavy atom. The zero-order valence-electron chi connectivity index (χ0n) is 11.5. The molecule has 0 spiro atoms. The molecule has 0 saturated carbocycles. The van der Waals surface area contributed by atoms with Gasteiger partial charge in [0.05, 0.1) is 14.2 Å². The van der Waals surface area contributed by atoms with Crippen LogP contribution in [0.15, 0.2) is 18.2 Å². The molecule has 0 heterocycles. The van der Waals surface area contributed by atoms with Crippen molar-refractivity contribution in [2.45, 2.75) is 32.4 Å². The van der Waals surface area contributed by atoms with Crippen LogP contribution in [-0.4, -0.2) is 25.1 Å². The van der Waals surface area contributed by atoms with Crippen LogP contribution in [0.4, 0.5) is 0 Å². The highest BCUT2D eigenvalue weighted by atomic mass is 79.9. The summed E-state index contributed by atoms with van der Waals surface area (Å²) in [5.74, 6) is 1.54. The molecular formula is C14H22BrNO2. The third-order valence-electron chi connectivity index (χ3n) is 2.94. The van der Waals surface area contributed by atoms with E-state index in [1.54, 1.807) is 14.2 Å². The first-order valence-electron chi connectivity index (χ1n) is 6.04. The molecule has 0 aliphatic carbocycles. The van der Waals surface area contributed by atoms with Gasteiger partial charge in [0.1, 0.15) is 0 Å². The first kappa shape index (κ1) is 15.3. The van der Waals surface area contributed by atoms with Crippen molar-refractivity contribution in [3.05, 3.63) is 23.8 Å². The lowest BCUT2D eigenvalue weighted by Crippen LogP contribution is -2.38. The van der Waals surface area contributed by atoms with Crippen LogP contribution in [0.1, 0.15) is 25.8 Å². The minimum Gasteiger partial charge on any atom is -0.493 e. The fraction of sp³-hybridized carbons (Fsp3) is 0.571. The van der Waals surface area contributed by atoms with Crippen LogP contribution >= 0.6 is 15.9 Å². The first-order chi connectivity index (χ1) is 8.52. The zero-order chi connectivity index (χ0) is 13.6. The van der Waals surface area contributed by atoms with Gasteiger partial charge in [0.15, 0.2) is 11.5 Å². The molecule has 0 fully saturated rings. The van der Waals surface area contributed by atoms with Gasteiger partial charge < -0.3 is 14.8 Å². The molecule has 3 nitrogen and oxygen atoms in total. The lowest BCUT2D eigenvalue weighted by Gasteiger charge is -2.25. The number of alkyl halides is 1. The van der Waals surface area contributed by atoms with Crippen molar-refractivity contribution in [2.75, 3.05) is 19.5 Å². The van der Waals surface area contributed by atoms with Gasteiger partial charge >= 0.3 is 0 Å². The maximum absolute atomic E-state index is 5.30. The molecule has 0 saturated heterocycles. The van der Waals surface area contributed by atoms with Crippen LogP contribution in [-0.2, 0) is 6.54 Å². The van der Waals surface area contributed by atoms with Gasteiger partial charge in [-0.15, -0.1) is 0 Å². The van der Waals surface area contributed by atoms with E-state index in [0.29, 0.717) is 0 Å². The van der Waals surface area contributed by atoms with E-state index in [-0.39, 0.29) is 5.54 Å². The lowest BCUT2D eigenvalue weighted by molar-refractivity contribution is 0.352. The van der Waals surface area contributed by atoms with E-state index in [9.17, 15) is 0 Å². The standard InChI is InChI=1S/C14H22BrNO2/c1-14(2,7-8-15)16-10-11-5-6-12(17-3)13(9-11)18-4/h5-6,9,16H,7-8,10H2,1-4H3. The number of halogens is 1. The van der Waals surface area contributed by atoms with E-state index in [4.69, 9.17) is 9.47 Å². The van der Waals surface area contributed by atoms with Crippen LogP contribution in [0.2, 0.25) is 0 Å². The summed E-state index contributed by atoms with van der Waals surface area (Å²) in [5.41, 5.74) is 1.31. The summed E-state index contributed by atoms with van der Waals surface area (Å²) in [7, 11) is 3.30. The first-order valence-corrected chi connectivity index (χ1v) is 7.16. The lowest BCUT2D eigenvalue weighted by atomic mass is 10.0. The molecule has 4 heteroatoms. The van der Waals surface area contributed by atoms with Crippen molar-refractivity contribution in [1.82, 2.24) is 5.32 Å². The van der Waals surface area contributed by atoms with Gasteiger partial charge in [-0.1, -0.05) is 22.0 Å². The van der Waals surface area contributed by atoms with Crippen molar-refractivity contribution in [2.24, 2.45) is 0 Å². The third kappa shape index (κ3) is 4.50. The highest BCUT2D eigenvalue weighted by molar-refractivity contribution is 9.09. The van der Waals surface area contributed by atoms with E-state index < -0.39 is 0 Å². The Bertz CT molecular complexity index is 380. The Labute approximate surface area is 118 Å². The largest absolute Gasteiger partial charge is 0.493 e. The number of methoxy groups -OCH3 is 2. The molecule has 1 aromatic rings. The van der Waals surface area contributed by atoms with E-state index in [1.807, 2.05) is 12.1 Å². The summed E-state index contributed by atoms with van der Waals surface area (Å²) in [6, 6.07) is 6.00. The molecule has 0 aliphatic rings. The molecule has 0 aliphatic heterocycles. The zero-order valence-corrected chi connectivity index (χ0v) is 13.1. The molecule has 0 unspecified atom stereocenters. The van der Waals surface area contributed by atoms with Crippen LogP contribution < -0.4 is 14.8 Å². The van der Waals surface area contributed by atoms with Gasteiger partial charge in [-0.05, 0) is 38.0 Å². The maximum Gasteiger partial charge on any atom is 0.161 e. The Kier molecular flexibility index (Phi) is 5.96. The molecule has 102 valence electrons. The Balaban J connectivity index is 2.68. The Morgan fingerprint density at radius 1 is 1.17 bits per heavy atom. The van der Waals surface area contributed by atoms with E-state index in [0.717, 1.165) is 29.8 Å². The van der Waals surface area contributed by atoms with E-state index in [2.05, 4.69) is 41.2 Å². The molecule has 0 aromatic heterocycles. The van der Waals surface area contributed by atoms with E-state index in [1.165, 1.54) is 5.56 Å². The van der Waals surface area contributed by atoms with Crippen molar-refractivity contribution in [3.63, 3.8) is 0 Å². The second kappa shape index (κ2) is 7.00. The molecule has 0 atom stereocenters. The number of hydrogen-bond donors (Lipinski definition) is 1. The number of nitrogens with one attached hydrogen (secondary N) is 1. The van der Waals surface area contributed by atoms with Gasteiger partial charge in [-0.2, -0.15) is 0 Å². The molecule has 0 radical (unpaired) electrons. The van der Waals surface area contributed by atoms with E-state index >= 15 is 0 Å². The molecule has 0 bridgehead atoms. The fourth-order valence-corrected chi connectivity index (χ4v) is 2.65. The minimum atomic E-state index is 0.122. The quantitative estimate of drug-likeness (QED) is 0.783. The normalized spacial score (nSPS) is 11.4. The van der Waals surface area contributed by atoms with Crippen LogP contribution in [0.25, 0.3) is 0 Å². The number of ether oxygens (including phenoxy) is 2. The smallest absolute Gasteiger partial charge is 0.161 e. The topological polar surface area (TPSA) is 30.5 Å². The van der Waals surface area contributed by atoms with Crippen molar-refractivity contribution >= 4 is 15.9 Å². The van der Waals surface area contributed by atoms with Gasteiger partial charge in [0, 0.05) is 17.4 Å². The summed E-state index contributed by atoms with van der Waals surface area (Å²) < 4.78 is 10.5. The Hall–Kier alpha value is -0.740. The van der Waals surface area contributed by atoms with Gasteiger partial charge in [0.2, 0.25) is 0 Å². The Morgan fingerprint density at radius 3 is 2.39 bits per heavy atom. The molecule has 0 amide bonds. The van der Waals surface area contributed by atoms with Crippen molar-refractivity contribution in [1.29, 1.82) is 0 Å². The highest BCUT2D eigenvalue weighted by Crippen LogP contribution is 2.27. The monoisotopic (exact) mass is 315 g/mol. The van der Waals surface area contributed by atoms with Gasteiger partial charge in [-0.25, -0.2) is 0 Å². The molecule has 18 heavy (non-hydrogen) atoms. The third-order valence-corrected chi connectivity index (χ3v) is 3.34. The van der Waals surface area contributed by atoms with Gasteiger partial charge in [0.25, 0.3) is 0 Å². The summed E-state index contributed by atoms with van der Waals surface area (Å²) >= 11 is 3.48. The highest BCUT2D eigenvalue weighted by Gasteiger charge is 2.15. The summed E-state index contributed by atoms with van der Waals surface area (Å²) in [4.78, 5) is 0. The van der Waals surface area contributed by atoms with Crippen LogP contribution in [0, 0.1) is 0 Å². The van der Waals surface area contributed by atoms with Gasteiger partial charge in [-0.3, -0.25) is 0 Å².